The predicted molar refractivity (Wildman–Crippen MR) is 84.2 cm³/mol. The monoisotopic (exact) mass is 384 g/mol. The third kappa shape index (κ3) is 3.27. The molecule has 1 aromatic rings. The number of aliphatic carboxylic acids is 2. The Bertz CT molecular complexity index is 763. The SMILES string of the molecule is O=C(O)c1ccc(CC(OC[C@H]2O[C@H]3C[C@]3(F)[C@H]2O)(C(=O)O)C(=O)O)cc1. The fourth-order valence-electron chi connectivity index (χ4n) is 3.12. The topological polar surface area (TPSA) is 151 Å². The number of carboxylic acids is 3. The minimum atomic E-state index is -2.70. The van der Waals surface area contributed by atoms with E-state index >= 15 is 0 Å². The zero-order valence-electron chi connectivity index (χ0n) is 13.9. The average molecular weight is 384 g/mol. The van der Waals surface area contributed by atoms with Gasteiger partial charge in [0.15, 0.2) is 5.67 Å². The second kappa shape index (κ2) is 6.55. The van der Waals surface area contributed by atoms with Crippen molar-refractivity contribution in [3.05, 3.63) is 35.4 Å². The highest BCUT2D eigenvalue weighted by Gasteiger charge is 2.70. The Morgan fingerprint density at radius 2 is 1.78 bits per heavy atom. The van der Waals surface area contributed by atoms with Crippen molar-refractivity contribution in [1.82, 2.24) is 0 Å². The van der Waals surface area contributed by atoms with E-state index in [1.165, 1.54) is 24.3 Å². The van der Waals surface area contributed by atoms with Gasteiger partial charge in [-0.3, -0.25) is 0 Å². The van der Waals surface area contributed by atoms with E-state index in [1.807, 2.05) is 0 Å². The number of aliphatic hydroxyl groups is 1. The van der Waals surface area contributed by atoms with Crippen LogP contribution in [0.25, 0.3) is 0 Å². The Kier molecular flexibility index (Phi) is 4.66. The van der Waals surface area contributed by atoms with Gasteiger partial charge in [0.1, 0.15) is 12.2 Å². The maximum atomic E-state index is 14.0. The van der Waals surface area contributed by atoms with Crippen LogP contribution in [-0.4, -0.2) is 74.5 Å². The van der Waals surface area contributed by atoms with Gasteiger partial charge in [0, 0.05) is 12.8 Å². The molecule has 9 nitrogen and oxygen atoms in total. The molecule has 1 saturated carbocycles. The second-order valence-corrected chi connectivity index (χ2v) is 6.67. The van der Waals surface area contributed by atoms with Crippen LogP contribution >= 0.6 is 0 Å². The van der Waals surface area contributed by atoms with Gasteiger partial charge in [0.2, 0.25) is 0 Å². The van der Waals surface area contributed by atoms with Gasteiger partial charge in [-0.05, 0) is 17.7 Å². The number of fused-ring (bicyclic) bond motifs is 1. The fourth-order valence-corrected chi connectivity index (χ4v) is 3.12. The number of alkyl halides is 1. The minimum absolute atomic E-state index is 0.0313. The van der Waals surface area contributed by atoms with Gasteiger partial charge in [-0.25, -0.2) is 18.8 Å². The summed E-state index contributed by atoms with van der Waals surface area (Å²) in [5.41, 5.74) is -4.44. The Hall–Kier alpha value is -2.56. The van der Waals surface area contributed by atoms with Crippen LogP contribution in [0.15, 0.2) is 24.3 Å². The summed E-state index contributed by atoms with van der Waals surface area (Å²) in [7, 11) is 0. The third-order valence-electron chi connectivity index (χ3n) is 4.90. The normalized spacial score (nSPS) is 29.2. The Balaban J connectivity index is 1.76. The molecule has 0 aromatic heterocycles. The number of carbonyl (C=O) groups is 3. The molecule has 146 valence electrons. The zero-order valence-corrected chi connectivity index (χ0v) is 13.9. The van der Waals surface area contributed by atoms with Crippen molar-refractivity contribution >= 4 is 17.9 Å². The quantitative estimate of drug-likeness (QED) is 0.457. The minimum Gasteiger partial charge on any atom is -0.479 e. The predicted octanol–water partition coefficient (Wildman–Crippen LogP) is 0.0922. The van der Waals surface area contributed by atoms with Crippen LogP contribution < -0.4 is 0 Å². The molecular formula is C17H17FO9. The molecule has 1 aromatic carbocycles. The summed E-state index contributed by atoms with van der Waals surface area (Å²) in [5, 5.41) is 37.7. The number of carboxylic acid groups (broad SMARTS) is 3. The number of benzene rings is 1. The van der Waals surface area contributed by atoms with Crippen LogP contribution in [0.3, 0.4) is 0 Å². The molecule has 2 fully saturated rings. The van der Waals surface area contributed by atoms with Gasteiger partial charge >= 0.3 is 17.9 Å². The van der Waals surface area contributed by atoms with E-state index < -0.39 is 60.5 Å². The molecule has 1 aliphatic heterocycles. The maximum absolute atomic E-state index is 14.0. The molecule has 1 aliphatic carbocycles. The maximum Gasteiger partial charge on any atom is 0.348 e. The molecular weight excluding hydrogens is 367 g/mol. The van der Waals surface area contributed by atoms with Crippen molar-refractivity contribution in [3.8, 4) is 0 Å². The molecule has 0 amide bonds. The Labute approximate surface area is 151 Å². The summed E-state index contributed by atoms with van der Waals surface area (Å²) >= 11 is 0. The smallest absolute Gasteiger partial charge is 0.348 e. The van der Waals surface area contributed by atoms with Crippen molar-refractivity contribution in [2.75, 3.05) is 6.61 Å². The van der Waals surface area contributed by atoms with Crippen molar-refractivity contribution in [3.63, 3.8) is 0 Å². The number of halogens is 1. The molecule has 10 heteroatoms. The number of hydrogen-bond donors (Lipinski definition) is 4. The number of rotatable bonds is 8. The molecule has 0 spiro atoms. The largest absolute Gasteiger partial charge is 0.479 e. The second-order valence-electron chi connectivity index (χ2n) is 6.67. The van der Waals surface area contributed by atoms with Crippen LogP contribution in [0.5, 0.6) is 0 Å². The molecule has 1 saturated heterocycles. The molecule has 2 aliphatic rings. The van der Waals surface area contributed by atoms with E-state index in [0.29, 0.717) is 0 Å². The fraction of sp³-hybridized carbons (Fsp3) is 0.471. The van der Waals surface area contributed by atoms with Gasteiger partial charge in [-0.15, -0.1) is 0 Å². The van der Waals surface area contributed by atoms with E-state index in [4.69, 9.17) is 14.6 Å². The highest BCUT2D eigenvalue weighted by Crippen LogP contribution is 2.53. The van der Waals surface area contributed by atoms with E-state index in [0.717, 1.165) is 0 Å². The molecule has 0 bridgehead atoms. The van der Waals surface area contributed by atoms with Crippen LogP contribution in [0, 0.1) is 0 Å². The lowest BCUT2D eigenvalue weighted by Crippen LogP contribution is -2.53. The van der Waals surface area contributed by atoms with E-state index in [1.54, 1.807) is 0 Å². The molecule has 0 unspecified atom stereocenters. The summed E-state index contributed by atoms with van der Waals surface area (Å²) in [6.07, 6.45) is -4.08. The molecule has 27 heavy (non-hydrogen) atoms. The number of ether oxygens (including phenoxy) is 2. The first-order valence-electron chi connectivity index (χ1n) is 8.05. The van der Waals surface area contributed by atoms with Crippen LogP contribution in [0.4, 0.5) is 4.39 Å². The highest BCUT2D eigenvalue weighted by atomic mass is 19.1. The van der Waals surface area contributed by atoms with Crippen molar-refractivity contribution in [2.45, 2.75) is 42.4 Å². The standard InChI is InChI=1S/C17H17FO9/c18-16-6-11(16)27-10(12(16)19)7-26-17(14(22)23,15(24)25)5-8-1-3-9(4-2-8)13(20)21/h1-4,10-12,19H,5-7H2,(H,20,21)(H,22,23)(H,24,25)/t10-,11+,12+,16-/m1/s1. The molecule has 4 N–H and O–H groups in total. The molecule has 0 radical (unpaired) electrons. The van der Waals surface area contributed by atoms with Gasteiger partial charge in [0.25, 0.3) is 5.60 Å². The summed E-state index contributed by atoms with van der Waals surface area (Å²) in [4.78, 5) is 34.2. The van der Waals surface area contributed by atoms with Crippen molar-refractivity contribution in [2.24, 2.45) is 0 Å². The zero-order chi connectivity index (χ0) is 20.0. The average Bonchev–Trinajstić information content (AvgIpc) is 3.20. The first-order valence-corrected chi connectivity index (χ1v) is 8.05. The summed E-state index contributed by atoms with van der Waals surface area (Å²) < 4.78 is 24.3. The molecule has 1 heterocycles. The van der Waals surface area contributed by atoms with Gasteiger partial charge < -0.3 is 29.9 Å². The van der Waals surface area contributed by atoms with E-state index in [2.05, 4.69) is 0 Å². The number of hydrogen-bond acceptors (Lipinski definition) is 6. The first-order chi connectivity index (χ1) is 12.6. The van der Waals surface area contributed by atoms with Crippen LogP contribution in [0.2, 0.25) is 0 Å². The van der Waals surface area contributed by atoms with Gasteiger partial charge in [-0.2, -0.15) is 0 Å². The highest BCUT2D eigenvalue weighted by molar-refractivity contribution is 6.02. The first kappa shape index (κ1) is 19.2. The summed E-state index contributed by atoms with van der Waals surface area (Å²) in [6, 6.07) is 4.97. The van der Waals surface area contributed by atoms with E-state index in [-0.39, 0.29) is 17.5 Å². The Morgan fingerprint density at radius 1 is 1.19 bits per heavy atom. The summed E-state index contributed by atoms with van der Waals surface area (Å²) in [6.45, 7) is -0.630. The number of aromatic carboxylic acids is 1. The van der Waals surface area contributed by atoms with E-state index in [9.17, 15) is 34.1 Å². The van der Waals surface area contributed by atoms with Crippen LogP contribution in [0.1, 0.15) is 22.3 Å². The third-order valence-corrected chi connectivity index (χ3v) is 4.90. The van der Waals surface area contributed by atoms with Gasteiger partial charge in [-0.1, -0.05) is 12.1 Å². The lowest BCUT2D eigenvalue weighted by molar-refractivity contribution is -0.189. The molecule has 3 rings (SSSR count). The van der Waals surface area contributed by atoms with Crippen molar-refractivity contribution in [1.29, 1.82) is 0 Å². The van der Waals surface area contributed by atoms with Crippen molar-refractivity contribution < 1.29 is 48.7 Å². The van der Waals surface area contributed by atoms with Gasteiger partial charge in [0.05, 0.1) is 18.3 Å². The summed E-state index contributed by atoms with van der Waals surface area (Å²) in [5.74, 6) is -4.76. The number of aliphatic hydroxyl groups excluding tert-OH is 1. The lowest BCUT2D eigenvalue weighted by atomic mass is 9.93. The molecule has 4 atom stereocenters. The van der Waals surface area contributed by atoms with Crippen LogP contribution in [-0.2, 0) is 25.5 Å². The Morgan fingerprint density at radius 3 is 2.22 bits per heavy atom. The lowest BCUT2D eigenvalue weighted by Gasteiger charge is -2.28.